The van der Waals surface area contributed by atoms with Crippen molar-refractivity contribution in [2.75, 3.05) is 5.32 Å². The molecule has 128 valence electrons. The summed E-state index contributed by atoms with van der Waals surface area (Å²) in [4.78, 5) is 32.9. The smallest absolute Gasteiger partial charge is 0.289 e. The Morgan fingerprint density at radius 2 is 1.88 bits per heavy atom. The molecule has 0 fully saturated rings. The molecule has 1 amide bonds. The molecule has 0 aliphatic rings. The predicted molar refractivity (Wildman–Crippen MR) is 94.3 cm³/mol. The number of nitriles is 1. The summed E-state index contributed by atoms with van der Waals surface area (Å²) < 4.78 is 0.989. The van der Waals surface area contributed by atoms with E-state index in [0.717, 1.165) is 4.68 Å². The van der Waals surface area contributed by atoms with Gasteiger partial charge >= 0.3 is 0 Å². The topological polar surface area (TPSA) is 114 Å². The second-order valence-corrected chi connectivity index (χ2v) is 5.62. The van der Waals surface area contributed by atoms with Crippen molar-refractivity contribution in [1.29, 1.82) is 5.26 Å². The number of anilines is 1. The van der Waals surface area contributed by atoms with Crippen molar-refractivity contribution < 1.29 is 4.79 Å². The predicted octanol–water partition coefficient (Wildman–Crippen LogP) is 2.11. The van der Waals surface area contributed by atoms with Gasteiger partial charge in [-0.3, -0.25) is 14.9 Å². The summed E-state index contributed by atoms with van der Waals surface area (Å²) in [5.74, 6) is -0.547. The molecular formula is C17H11ClN6O2. The molecule has 2 aromatic heterocycles. The Hall–Kier alpha value is -3.57. The molecule has 8 nitrogen and oxygen atoms in total. The number of hydrogen-bond donors (Lipinski definition) is 1. The molecule has 0 unspecified atom stereocenters. The van der Waals surface area contributed by atoms with E-state index >= 15 is 0 Å². The Morgan fingerprint density at radius 3 is 2.50 bits per heavy atom. The van der Waals surface area contributed by atoms with Gasteiger partial charge in [-0.1, -0.05) is 11.6 Å². The highest BCUT2D eigenvalue weighted by Crippen LogP contribution is 2.14. The number of aromatic nitrogens is 4. The average molecular weight is 367 g/mol. The van der Waals surface area contributed by atoms with Crippen LogP contribution in [0.2, 0.25) is 5.02 Å². The van der Waals surface area contributed by atoms with Crippen LogP contribution in [-0.4, -0.2) is 25.7 Å². The number of rotatable bonds is 3. The number of nitrogens with one attached hydrogen (secondary N) is 1. The van der Waals surface area contributed by atoms with Crippen molar-refractivity contribution in [1.82, 2.24) is 19.7 Å². The molecule has 0 saturated carbocycles. The number of carbonyl (C=O) groups excluding carboxylic acids is 1. The molecule has 0 aliphatic heterocycles. The zero-order chi connectivity index (χ0) is 18.7. The first-order valence-corrected chi connectivity index (χ1v) is 7.77. The Bertz CT molecular complexity index is 1070. The number of amides is 1. The maximum Gasteiger partial charge on any atom is 0.289 e. The normalized spacial score (nSPS) is 10.2. The second-order valence-electron chi connectivity index (χ2n) is 5.18. The number of hydrogen-bond acceptors (Lipinski definition) is 6. The fourth-order valence-corrected chi connectivity index (χ4v) is 2.36. The lowest BCUT2D eigenvalue weighted by molar-refractivity contribution is 0.101. The summed E-state index contributed by atoms with van der Waals surface area (Å²) in [7, 11) is 0. The zero-order valence-electron chi connectivity index (χ0n) is 13.5. The molecule has 0 radical (unpaired) electrons. The lowest BCUT2D eigenvalue weighted by Crippen LogP contribution is -2.30. The summed E-state index contributed by atoms with van der Waals surface area (Å²) in [5, 5.41) is 16.4. The van der Waals surface area contributed by atoms with E-state index in [0.29, 0.717) is 10.7 Å². The molecule has 2 heterocycles. The lowest BCUT2D eigenvalue weighted by atomic mass is 10.1. The first-order valence-electron chi connectivity index (χ1n) is 7.39. The first kappa shape index (κ1) is 17.3. The molecule has 0 saturated heterocycles. The maximum atomic E-state index is 12.6. The van der Waals surface area contributed by atoms with Crippen molar-refractivity contribution in [3.05, 3.63) is 74.9 Å². The van der Waals surface area contributed by atoms with Gasteiger partial charge in [0.25, 0.3) is 11.5 Å². The van der Waals surface area contributed by atoms with E-state index in [1.165, 1.54) is 19.3 Å². The molecule has 1 aromatic carbocycles. The highest BCUT2D eigenvalue weighted by molar-refractivity contribution is 6.30. The van der Waals surface area contributed by atoms with Gasteiger partial charge in [-0.05, 0) is 37.3 Å². The first-order chi connectivity index (χ1) is 12.5. The van der Waals surface area contributed by atoms with Gasteiger partial charge in [0.05, 0.1) is 5.69 Å². The van der Waals surface area contributed by atoms with Gasteiger partial charge in [0.2, 0.25) is 5.95 Å². The van der Waals surface area contributed by atoms with Gasteiger partial charge in [0.15, 0.2) is 5.69 Å². The van der Waals surface area contributed by atoms with Gasteiger partial charge in [-0.15, -0.1) is 0 Å². The van der Waals surface area contributed by atoms with Crippen LogP contribution in [0.4, 0.5) is 5.95 Å². The lowest BCUT2D eigenvalue weighted by Gasteiger charge is -2.11. The van der Waals surface area contributed by atoms with Crippen molar-refractivity contribution in [3.63, 3.8) is 0 Å². The molecule has 3 aromatic rings. The van der Waals surface area contributed by atoms with E-state index in [2.05, 4.69) is 20.4 Å². The van der Waals surface area contributed by atoms with Crippen molar-refractivity contribution in [3.8, 4) is 11.8 Å². The van der Waals surface area contributed by atoms with Crippen LogP contribution in [0.5, 0.6) is 0 Å². The summed E-state index contributed by atoms with van der Waals surface area (Å²) in [6.45, 7) is 1.49. The number of nitrogens with zero attached hydrogens (tertiary/aromatic N) is 5. The largest absolute Gasteiger partial charge is 0.289 e. The van der Waals surface area contributed by atoms with E-state index in [4.69, 9.17) is 11.6 Å². The summed E-state index contributed by atoms with van der Waals surface area (Å²) in [6.07, 6.45) is 2.94. The van der Waals surface area contributed by atoms with Crippen LogP contribution in [0.25, 0.3) is 5.69 Å². The van der Waals surface area contributed by atoms with E-state index < -0.39 is 11.5 Å². The van der Waals surface area contributed by atoms with E-state index in [-0.39, 0.29) is 22.8 Å². The third-order valence-corrected chi connectivity index (χ3v) is 3.78. The van der Waals surface area contributed by atoms with Gasteiger partial charge in [0.1, 0.15) is 11.6 Å². The SMILES string of the molecule is Cc1c(C(=O)Nc2ncccn2)nn(-c2ccc(Cl)cc2)c(=O)c1C#N. The fourth-order valence-electron chi connectivity index (χ4n) is 2.23. The van der Waals surface area contributed by atoms with Gasteiger partial charge < -0.3 is 0 Å². The van der Waals surface area contributed by atoms with E-state index in [1.54, 1.807) is 30.3 Å². The highest BCUT2D eigenvalue weighted by atomic mass is 35.5. The summed E-state index contributed by atoms with van der Waals surface area (Å²) in [6, 6.07) is 9.72. The maximum absolute atomic E-state index is 12.6. The molecule has 26 heavy (non-hydrogen) atoms. The number of carbonyl (C=O) groups is 1. The average Bonchev–Trinajstić information content (AvgIpc) is 2.64. The van der Waals surface area contributed by atoms with Gasteiger partial charge in [-0.25, -0.2) is 9.97 Å². The third kappa shape index (κ3) is 3.29. The quantitative estimate of drug-likeness (QED) is 0.759. The minimum atomic E-state index is -0.632. The minimum Gasteiger partial charge on any atom is -0.289 e. The van der Waals surface area contributed by atoms with Crippen LogP contribution in [0.15, 0.2) is 47.5 Å². The molecule has 0 aliphatic carbocycles. The van der Waals surface area contributed by atoms with Gasteiger partial charge in [-0.2, -0.15) is 15.0 Å². The third-order valence-electron chi connectivity index (χ3n) is 3.53. The number of halogens is 1. The molecule has 0 atom stereocenters. The van der Waals surface area contributed by atoms with Crippen LogP contribution >= 0.6 is 11.6 Å². The van der Waals surface area contributed by atoms with Crippen LogP contribution in [0.3, 0.4) is 0 Å². The van der Waals surface area contributed by atoms with Crippen LogP contribution in [0, 0.1) is 18.3 Å². The zero-order valence-corrected chi connectivity index (χ0v) is 14.2. The van der Waals surface area contributed by atoms with E-state index in [9.17, 15) is 14.9 Å². The fraction of sp³-hybridized carbons (Fsp3) is 0.0588. The Labute approximate surface area is 152 Å². The standard InChI is InChI=1S/C17H11ClN6O2/c1-10-13(9-19)16(26)24(12-5-3-11(18)4-6-12)23-14(10)15(25)22-17-20-7-2-8-21-17/h2-8H,1H3,(H,20,21,22,25). The summed E-state index contributed by atoms with van der Waals surface area (Å²) >= 11 is 5.86. The Balaban J connectivity index is 2.12. The monoisotopic (exact) mass is 366 g/mol. The Morgan fingerprint density at radius 1 is 1.23 bits per heavy atom. The molecule has 3 rings (SSSR count). The molecule has 9 heteroatoms. The van der Waals surface area contributed by atoms with Crippen molar-refractivity contribution in [2.24, 2.45) is 0 Å². The Kier molecular flexibility index (Phi) is 4.73. The highest BCUT2D eigenvalue weighted by Gasteiger charge is 2.20. The van der Waals surface area contributed by atoms with Crippen LogP contribution in [0.1, 0.15) is 21.6 Å². The van der Waals surface area contributed by atoms with E-state index in [1.807, 2.05) is 6.07 Å². The number of benzene rings is 1. The summed E-state index contributed by atoms with van der Waals surface area (Å²) in [5.41, 5.74) is -0.325. The van der Waals surface area contributed by atoms with Crippen LogP contribution in [-0.2, 0) is 0 Å². The van der Waals surface area contributed by atoms with Crippen molar-refractivity contribution in [2.45, 2.75) is 6.92 Å². The van der Waals surface area contributed by atoms with Crippen LogP contribution < -0.4 is 10.9 Å². The molecule has 1 N–H and O–H groups in total. The van der Waals surface area contributed by atoms with Gasteiger partial charge in [0, 0.05) is 23.0 Å². The van der Waals surface area contributed by atoms with Crippen molar-refractivity contribution >= 4 is 23.5 Å². The molecule has 0 spiro atoms. The molecular weight excluding hydrogens is 356 g/mol. The molecule has 0 bridgehead atoms. The minimum absolute atomic E-state index is 0.0800. The second kappa shape index (κ2) is 7.13.